The Balaban J connectivity index is 2.43. The highest BCUT2D eigenvalue weighted by atomic mass is 14.9. The van der Waals surface area contributed by atoms with Gasteiger partial charge in [0.1, 0.15) is 0 Å². The molecule has 0 aromatic heterocycles. The second-order valence-electron chi connectivity index (χ2n) is 5.05. The summed E-state index contributed by atoms with van der Waals surface area (Å²) in [6.45, 7) is 4.43. The second-order valence-corrected chi connectivity index (χ2v) is 5.05. The molecule has 1 heteroatoms. The zero-order valence-corrected chi connectivity index (χ0v) is 12.1. The zero-order valence-electron chi connectivity index (χ0n) is 12.1. The highest BCUT2D eigenvalue weighted by Gasteiger charge is 2.09. The normalized spacial score (nSPS) is 12.4. The molecule has 1 atom stereocenters. The molecule has 0 spiro atoms. The number of hydrogen-bond acceptors (Lipinski definition) is 1. The Morgan fingerprint density at radius 1 is 1.05 bits per heavy atom. The molecular weight excluding hydrogens is 230 g/mol. The molecule has 0 heterocycles. The standard InChI is InChI=1S/C18H23N/c1-4-8-15-9-7-10-16(13-15)18-12-6-5-11-17(18)14(2)19-3/h5-7,9-14,19H,4,8H2,1-3H3. The number of benzene rings is 2. The molecule has 1 nitrogen and oxygen atoms in total. The maximum absolute atomic E-state index is 3.33. The van der Waals surface area contributed by atoms with Gasteiger partial charge in [0.05, 0.1) is 0 Å². The first-order valence-corrected chi connectivity index (χ1v) is 7.11. The zero-order chi connectivity index (χ0) is 13.7. The molecule has 0 saturated heterocycles. The number of hydrogen-bond donors (Lipinski definition) is 1. The van der Waals surface area contributed by atoms with Crippen LogP contribution in [0.15, 0.2) is 48.5 Å². The molecule has 0 bridgehead atoms. The van der Waals surface area contributed by atoms with E-state index >= 15 is 0 Å². The minimum absolute atomic E-state index is 0.367. The van der Waals surface area contributed by atoms with Gasteiger partial charge in [0.15, 0.2) is 0 Å². The summed E-state index contributed by atoms with van der Waals surface area (Å²) in [7, 11) is 2.01. The fourth-order valence-corrected chi connectivity index (χ4v) is 2.48. The Bertz CT molecular complexity index is 531. The SMILES string of the molecule is CCCc1cccc(-c2ccccc2C(C)NC)c1. The molecule has 0 aliphatic rings. The monoisotopic (exact) mass is 253 g/mol. The molecule has 0 fully saturated rings. The first kappa shape index (κ1) is 13.8. The van der Waals surface area contributed by atoms with Crippen molar-refractivity contribution in [3.63, 3.8) is 0 Å². The summed E-state index contributed by atoms with van der Waals surface area (Å²) in [5, 5.41) is 3.33. The van der Waals surface area contributed by atoms with Crippen LogP contribution in [0.1, 0.15) is 37.4 Å². The van der Waals surface area contributed by atoms with Crippen LogP contribution < -0.4 is 5.32 Å². The maximum atomic E-state index is 3.33. The van der Waals surface area contributed by atoms with E-state index < -0.39 is 0 Å². The lowest BCUT2D eigenvalue weighted by atomic mass is 9.94. The molecule has 0 radical (unpaired) electrons. The molecular formula is C18H23N. The average molecular weight is 253 g/mol. The van der Waals surface area contributed by atoms with E-state index in [1.807, 2.05) is 7.05 Å². The molecule has 0 saturated carbocycles. The molecule has 2 aromatic carbocycles. The van der Waals surface area contributed by atoms with Crippen molar-refractivity contribution in [1.82, 2.24) is 5.32 Å². The molecule has 2 aromatic rings. The van der Waals surface area contributed by atoms with Crippen molar-refractivity contribution in [2.45, 2.75) is 32.7 Å². The van der Waals surface area contributed by atoms with Crippen LogP contribution in [0.25, 0.3) is 11.1 Å². The number of aryl methyl sites for hydroxylation is 1. The third-order valence-corrected chi connectivity index (χ3v) is 3.64. The predicted molar refractivity (Wildman–Crippen MR) is 83.3 cm³/mol. The minimum atomic E-state index is 0.367. The van der Waals surface area contributed by atoms with E-state index in [1.165, 1.54) is 28.7 Å². The largest absolute Gasteiger partial charge is 0.313 e. The molecule has 2 rings (SSSR count). The maximum Gasteiger partial charge on any atom is 0.0295 e. The van der Waals surface area contributed by atoms with Gasteiger partial charge in [-0.05, 0) is 42.6 Å². The third-order valence-electron chi connectivity index (χ3n) is 3.64. The van der Waals surface area contributed by atoms with Gasteiger partial charge in [0.2, 0.25) is 0 Å². The Morgan fingerprint density at radius 2 is 1.84 bits per heavy atom. The van der Waals surface area contributed by atoms with Crippen molar-refractivity contribution in [3.8, 4) is 11.1 Å². The lowest BCUT2D eigenvalue weighted by Crippen LogP contribution is -2.13. The van der Waals surface area contributed by atoms with E-state index in [0.717, 1.165) is 6.42 Å². The second kappa shape index (κ2) is 6.53. The average Bonchev–Trinajstić information content (AvgIpc) is 2.47. The lowest BCUT2D eigenvalue weighted by Gasteiger charge is -2.16. The number of rotatable bonds is 5. The molecule has 0 aliphatic heterocycles. The summed E-state index contributed by atoms with van der Waals surface area (Å²) in [4.78, 5) is 0. The Kier molecular flexibility index (Phi) is 4.75. The van der Waals surface area contributed by atoms with Crippen LogP contribution in [0.3, 0.4) is 0 Å². The summed E-state index contributed by atoms with van der Waals surface area (Å²) in [6, 6.07) is 17.9. The molecule has 0 amide bonds. The Hall–Kier alpha value is -1.60. The van der Waals surface area contributed by atoms with Gasteiger partial charge in [-0.1, -0.05) is 61.9 Å². The van der Waals surface area contributed by atoms with Gasteiger partial charge < -0.3 is 5.32 Å². The van der Waals surface area contributed by atoms with Crippen molar-refractivity contribution in [1.29, 1.82) is 0 Å². The van der Waals surface area contributed by atoms with E-state index in [1.54, 1.807) is 0 Å². The predicted octanol–water partition coefficient (Wildman–Crippen LogP) is 4.59. The third kappa shape index (κ3) is 3.24. The van der Waals surface area contributed by atoms with Crippen molar-refractivity contribution in [2.75, 3.05) is 7.05 Å². The topological polar surface area (TPSA) is 12.0 Å². The Labute approximate surface area is 116 Å². The van der Waals surface area contributed by atoms with Crippen LogP contribution in [-0.4, -0.2) is 7.05 Å². The number of nitrogens with one attached hydrogen (secondary N) is 1. The van der Waals surface area contributed by atoms with Crippen LogP contribution >= 0.6 is 0 Å². The fourth-order valence-electron chi connectivity index (χ4n) is 2.48. The molecule has 1 unspecified atom stereocenters. The van der Waals surface area contributed by atoms with Crippen molar-refractivity contribution < 1.29 is 0 Å². The van der Waals surface area contributed by atoms with Crippen molar-refractivity contribution in [3.05, 3.63) is 59.7 Å². The molecule has 19 heavy (non-hydrogen) atoms. The van der Waals surface area contributed by atoms with E-state index in [0.29, 0.717) is 6.04 Å². The van der Waals surface area contributed by atoms with E-state index in [2.05, 4.69) is 67.7 Å². The smallest absolute Gasteiger partial charge is 0.0295 e. The fraction of sp³-hybridized carbons (Fsp3) is 0.333. The van der Waals surface area contributed by atoms with Crippen LogP contribution in [0.2, 0.25) is 0 Å². The summed E-state index contributed by atoms with van der Waals surface area (Å²) in [5.74, 6) is 0. The molecule has 0 aliphatic carbocycles. The van der Waals surface area contributed by atoms with Gasteiger partial charge in [-0.3, -0.25) is 0 Å². The minimum Gasteiger partial charge on any atom is -0.313 e. The molecule has 1 N–H and O–H groups in total. The van der Waals surface area contributed by atoms with E-state index in [-0.39, 0.29) is 0 Å². The van der Waals surface area contributed by atoms with Crippen LogP contribution in [-0.2, 0) is 6.42 Å². The van der Waals surface area contributed by atoms with E-state index in [9.17, 15) is 0 Å². The van der Waals surface area contributed by atoms with Crippen molar-refractivity contribution >= 4 is 0 Å². The summed E-state index contributed by atoms with van der Waals surface area (Å²) < 4.78 is 0. The summed E-state index contributed by atoms with van der Waals surface area (Å²) >= 11 is 0. The van der Waals surface area contributed by atoms with Gasteiger partial charge in [-0.2, -0.15) is 0 Å². The quantitative estimate of drug-likeness (QED) is 0.822. The Morgan fingerprint density at radius 3 is 2.58 bits per heavy atom. The van der Waals surface area contributed by atoms with Crippen molar-refractivity contribution in [2.24, 2.45) is 0 Å². The highest BCUT2D eigenvalue weighted by Crippen LogP contribution is 2.28. The van der Waals surface area contributed by atoms with Gasteiger partial charge in [-0.15, -0.1) is 0 Å². The van der Waals surface area contributed by atoms with Crippen LogP contribution in [0, 0.1) is 0 Å². The lowest BCUT2D eigenvalue weighted by molar-refractivity contribution is 0.654. The summed E-state index contributed by atoms with van der Waals surface area (Å²) in [5.41, 5.74) is 5.44. The van der Waals surface area contributed by atoms with Crippen LogP contribution in [0.4, 0.5) is 0 Å². The first-order chi connectivity index (χ1) is 9.26. The van der Waals surface area contributed by atoms with Crippen LogP contribution in [0.5, 0.6) is 0 Å². The first-order valence-electron chi connectivity index (χ1n) is 7.11. The molecule has 100 valence electrons. The van der Waals surface area contributed by atoms with E-state index in [4.69, 9.17) is 0 Å². The summed E-state index contributed by atoms with van der Waals surface area (Å²) in [6.07, 6.45) is 2.34. The van der Waals surface area contributed by atoms with Gasteiger partial charge in [-0.25, -0.2) is 0 Å². The highest BCUT2D eigenvalue weighted by molar-refractivity contribution is 5.68. The van der Waals surface area contributed by atoms with Gasteiger partial charge in [0.25, 0.3) is 0 Å². The van der Waals surface area contributed by atoms with Gasteiger partial charge >= 0.3 is 0 Å². The van der Waals surface area contributed by atoms with Gasteiger partial charge in [0, 0.05) is 6.04 Å².